The lowest BCUT2D eigenvalue weighted by atomic mass is 9.44. The molecule has 0 bridgehead atoms. The van der Waals surface area contributed by atoms with Crippen molar-refractivity contribution in [3.8, 4) is 0 Å². The second-order valence-electron chi connectivity index (χ2n) is 20.6. The molecule has 2 unspecified atom stereocenters. The Labute approximate surface area is 332 Å². The predicted octanol–water partition coefficient (Wildman–Crippen LogP) is 16.4. The molecule has 0 aromatic carbocycles. The van der Waals surface area contributed by atoms with Gasteiger partial charge in [-0.25, -0.2) is 4.79 Å². The molecule has 4 fully saturated rings. The van der Waals surface area contributed by atoms with E-state index in [4.69, 9.17) is 4.74 Å². The second kappa shape index (κ2) is 24.1. The summed E-state index contributed by atoms with van der Waals surface area (Å²) in [4.78, 5) is 12.8. The van der Waals surface area contributed by atoms with Crippen molar-refractivity contribution in [3.63, 3.8) is 0 Å². The molecule has 0 radical (unpaired) electrons. The van der Waals surface area contributed by atoms with Crippen LogP contribution in [0, 0.1) is 52.3 Å². The third-order valence-electron chi connectivity index (χ3n) is 16.3. The Morgan fingerprint density at radius 1 is 0.623 bits per heavy atom. The van der Waals surface area contributed by atoms with Crippen LogP contribution in [-0.2, 0) is 9.53 Å². The van der Waals surface area contributed by atoms with Crippen LogP contribution in [0.15, 0.2) is 12.2 Å². The van der Waals surface area contributed by atoms with Gasteiger partial charge in [-0.2, -0.15) is 0 Å². The average molecular weight is 737 g/mol. The maximum atomic E-state index is 12.8. The number of rotatable bonds is 27. The number of fused-ring (bicyclic) bond motifs is 5. The standard InChI is InChI=1S/C51H92O2/c1-7-8-9-10-11-12-13-14-15-16-17-18-19-20-21-22-23-24-25-26-27-31-49(52)53-44-36-38-50(5)43(40-44)32-33-45-47-35-34-46(42(4)30-28-29-41(2)3)51(47,6)39-37-48(45)50/h27,31,41-48H,7-26,28-30,32-40H2,1-6H3/t42-,43?,44?,45+,46-,47+,48+,50+,51-/m1/s1. The molecular weight excluding hydrogens is 645 g/mol. The molecule has 0 N–H and O–H groups in total. The van der Waals surface area contributed by atoms with Crippen molar-refractivity contribution in [2.75, 3.05) is 0 Å². The first-order chi connectivity index (χ1) is 25.7. The largest absolute Gasteiger partial charge is 0.459 e. The van der Waals surface area contributed by atoms with Gasteiger partial charge in [0.1, 0.15) is 6.10 Å². The van der Waals surface area contributed by atoms with Crippen molar-refractivity contribution in [2.45, 2.75) is 253 Å². The van der Waals surface area contributed by atoms with Crippen molar-refractivity contribution in [1.29, 1.82) is 0 Å². The van der Waals surface area contributed by atoms with Crippen LogP contribution in [0.5, 0.6) is 0 Å². The maximum absolute atomic E-state index is 12.8. The Hall–Kier alpha value is -0.790. The summed E-state index contributed by atoms with van der Waals surface area (Å²) in [6.45, 7) is 15.1. The minimum absolute atomic E-state index is 0.0851. The van der Waals surface area contributed by atoms with E-state index in [9.17, 15) is 4.79 Å². The molecular formula is C51H92O2. The summed E-state index contributed by atoms with van der Waals surface area (Å²) >= 11 is 0. The molecule has 4 rings (SSSR count). The molecule has 0 aromatic heterocycles. The quantitative estimate of drug-likeness (QED) is 0.0477. The number of carbonyl (C=O) groups excluding carboxylic acids is 1. The summed E-state index contributed by atoms with van der Waals surface area (Å²) in [5.41, 5.74) is 1.03. The Bertz CT molecular complexity index is 1010. The molecule has 4 aliphatic rings. The lowest BCUT2D eigenvalue weighted by molar-refractivity contribution is -0.158. The first-order valence-corrected chi connectivity index (χ1v) is 24.6. The van der Waals surface area contributed by atoms with Crippen LogP contribution in [-0.4, -0.2) is 12.1 Å². The molecule has 0 heterocycles. The van der Waals surface area contributed by atoms with Crippen molar-refractivity contribution in [3.05, 3.63) is 12.2 Å². The highest BCUT2D eigenvalue weighted by atomic mass is 16.5. The predicted molar refractivity (Wildman–Crippen MR) is 230 cm³/mol. The van der Waals surface area contributed by atoms with Gasteiger partial charge in [-0.3, -0.25) is 0 Å². The normalized spacial score (nSPS) is 31.8. The van der Waals surface area contributed by atoms with Crippen molar-refractivity contribution >= 4 is 5.97 Å². The van der Waals surface area contributed by atoms with Gasteiger partial charge >= 0.3 is 5.97 Å². The third kappa shape index (κ3) is 14.0. The lowest BCUT2D eigenvalue weighted by Gasteiger charge is -2.61. The van der Waals surface area contributed by atoms with Gasteiger partial charge < -0.3 is 4.74 Å². The fourth-order valence-corrected chi connectivity index (χ4v) is 13.1. The number of esters is 1. The average Bonchev–Trinajstić information content (AvgIpc) is 3.49. The van der Waals surface area contributed by atoms with Gasteiger partial charge in [0.05, 0.1) is 0 Å². The Morgan fingerprint density at radius 3 is 1.75 bits per heavy atom. The molecule has 2 heteroatoms. The number of hydrogen-bond donors (Lipinski definition) is 0. The van der Waals surface area contributed by atoms with E-state index in [0.717, 1.165) is 60.7 Å². The van der Waals surface area contributed by atoms with E-state index in [2.05, 4.69) is 47.6 Å². The molecule has 0 aromatic rings. The van der Waals surface area contributed by atoms with Crippen LogP contribution in [0.4, 0.5) is 0 Å². The highest BCUT2D eigenvalue weighted by molar-refractivity contribution is 5.82. The topological polar surface area (TPSA) is 26.3 Å². The van der Waals surface area contributed by atoms with E-state index < -0.39 is 0 Å². The fourth-order valence-electron chi connectivity index (χ4n) is 13.1. The van der Waals surface area contributed by atoms with E-state index in [0.29, 0.717) is 10.8 Å². The third-order valence-corrected chi connectivity index (χ3v) is 16.3. The zero-order chi connectivity index (χ0) is 37.9. The SMILES string of the molecule is CCCCCCCCCCCCCCCCCCCCCC=CC(=O)OC1CC[C@@]2(C)C(CC[C@H]3[C@@H]4CC[C@H]([C@H](C)CCCC(C)C)[C@@]4(C)CC[C@@H]32)C1. The minimum atomic E-state index is -0.0851. The summed E-state index contributed by atoms with van der Waals surface area (Å²) in [6.07, 6.45) is 48.2. The zero-order valence-electron chi connectivity index (χ0n) is 36.7. The Balaban J connectivity index is 1.01. The molecule has 0 saturated heterocycles. The molecule has 0 amide bonds. The van der Waals surface area contributed by atoms with Crippen LogP contribution in [0.1, 0.15) is 247 Å². The second-order valence-corrected chi connectivity index (χ2v) is 20.6. The number of allylic oxidation sites excluding steroid dienone is 1. The number of unbranched alkanes of at least 4 members (excludes halogenated alkanes) is 19. The monoisotopic (exact) mass is 737 g/mol. The molecule has 0 aliphatic heterocycles. The van der Waals surface area contributed by atoms with E-state index in [1.165, 1.54) is 186 Å². The zero-order valence-corrected chi connectivity index (χ0v) is 36.7. The van der Waals surface area contributed by atoms with Crippen LogP contribution in [0.3, 0.4) is 0 Å². The summed E-state index contributed by atoms with van der Waals surface area (Å²) in [6, 6.07) is 0. The Kier molecular flexibility index (Phi) is 20.4. The van der Waals surface area contributed by atoms with Crippen molar-refractivity contribution < 1.29 is 9.53 Å². The minimum Gasteiger partial charge on any atom is -0.459 e. The maximum Gasteiger partial charge on any atom is 0.330 e. The molecule has 4 saturated carbocycles. The van der Waals surface area contributed by atoms with Gasteiger partial charge in [0.25, 0.3) is 0 Å². The summed E-state index contributed by atoms with van der Waals surface area (Å²) in [7, 11) is 0. The number of ether oxygens (including phenoxy) is 1. The van der Waals surface area contributed by atoms with Crippen LogP contribution in [0.2, 0.25) is 0 Å². The van der Waals surface area contributed by atoms with E-state index in [1.807, 2.05) is 0 Å². The molecule has 9 atom stereocenters. The van der Waals surface area contributed by atoms with Gasteiger partial charge in [0, 0.05) is 6.08 Å². The Morgan fingerprint density at radius 2 is 1.17 bits per heavy atom. The van der Waals surface area contributed by atoms with Gasteiger partial charge in [0.15, 0.2) is 0 Å². The van der Waals surface area contributed by atoms with Crippen molar-refractivity contribution in [2.24, 2.45) is 52.3 Å². The van der Waals surface area contributed by atoms with E-state index in [1.54, 1.807) is 6.08 Å². The molecule has 308 valence electrons. The van der Waals surface area contributed by atoms with Crippen LogP contribution in [0.25, 0.3) is 0 Å². The van der Waals surface area contributed by atoms with E-state index >= 15 is 0 Å². The fraction of sp³-hybridized carbons (Fsp3) is 0.941. The summed E-state index contributed by atoms with van der Waals surface area (Å²) in [5.74, 6) is 6.11. The highest BCUT2D eigenvalue weighted by Gasteiger charge is 2.60. The van der Waals surface area contributed by atoms with Crippen molar-refractivity contribution in [1.82, 2.24) is 0 Å². The van der Waals surface area contributed by atoms with Crippen LogP contribution >= 0.6 is 0 Å². The molecule has 2 nitrogen and oxygen atoms in total. The van der Waals surface area contributed by atoms with Gasteiger partial charge in [-0.15, -0.1) is 0 Å². The van der Waals surface area contributed by atoms with Crippen LogP contribution < -0.4 is 0 Å². The molecule has 4 aliphatic carbocycles. The first-order valence-electron chi connectivity index (χ1n) is 24.6. The summed E-state index contributed by atoms with van der Waals surface area (Å²) in [5, 5.41) is 0. The molecule has 53 heavy (non-hydrogen) atoms. The first kappa shape index (κ1) is 44.9. The summed E-state index contributed by atoms with van der Waals surface area (Å²) < 4.78 is 6.11. The van der Waals surface area contributed by atoms with Gasteiger partial charge in [-0.1, -0.05) is 182 Å². The highest BCUT2D eigenvalue weighted by Crippen LogP contribution is 2.68. The number of hydrogen-bond acceptors (Lipinski definition) is 2. The van der Waals surface area contributed by atoms with E-state index in [-0.39, 0.29) is 12.1 Å². The smallest absolute Gasteiger partial charge is 0.330 e. The lowest BCUT2D eigenvalue weighted by Crippen LogP contribution is -2.54. The number of carbonyl (C=O) groups is 1. The van der Waals surface area contributed by atoms with Gasteiger partial charge in [-0.05, 0) is 123 Å². The van der Waals surface area contributed by atoms with Gasteiger partial charge in [0.2, 0.25) is 0 Å². The molecule has 0 spiro atoms.